The van der Waals surface area contributed by atoms with Gasteiger partial charge in [0.1, 0.15) is 0 Å². The zero-order valence-electron chi connectivity index (χ0n) is 10.4. The smallest absolute Gasteiger partial charge is 0.0992 e. The zero-order valence-corrected chi connectivity index (χ0v) is 12.8. The van der Waals surface area contributed by atoms with Crippen molar-refractivity contribution in [3.63, 3.8) is 0 Å². The summed E-state index contributed by atoms with van der Waals surface area (Å²) in [6, 6.07) is 8.41. The van der Waals surface area contributed by atoms with Gasteiger partial charge in [0.05, 0.1) is 17.3 Å². The molecule has 0 aliphatic heterocycles. The van der Waals surface area contributed by atoms with Crippen LogP contribution in [-0.2, 0) is 0 Å². The minimum Gasteiger partial charge on any atom is -0.370 e. The average molecular weight is 313 g/mol. The summed E-state index contributed by atoms with van der Waals surface area (Å²) in [5, 5.41) is 8.84. The van der Waals surface area contributed by atoms with Crippen LogP contribution in [0.15, 0.2) is 22.7 Å². The quantitative estimate of drug-likeness (QED) is 0.825. The molecular formula is C13H17BrN2S. The summed E-state index contributed by atoms with van der Waals surface area (Å²) in [6.45, 7) is 2.20. The zero-order chi connectivity index (χ0) is 12.8. The Morgan fingerprint density at radius 2 is 2.24 bits per heavy atom. The van der Waals surface area contributed by atoms with Gasteiger partial charge in [0, 0.05) is 23.3 Å². The lowest BCUT2D eigenvalue weighted by atomic mass is 10.1. The van der Waals surface area contributed by atoms with E-state index in [1.165, 1.54) is 0 Å². The Labute approximate surface area is 116 Å². The van der Waals surface area contributed by atoms with Gasteiger partial charge in [-0.2, -0.15) is 17.0 Å². The highest BCUT2D eigenvalue weighted by atomic mass is 79.9. The van der Waals surface area contributed by atoms with Crippen molar-refractivity contribution in [2.24, 2.45) is 0 Å². The second-order valence-corrected chi connectivity index (χ2v) is 5.67. The van der Waals surface area contributed by atoms with E-state index in [0.717, 1.165) is 22.3 Å². The van der Waals surface area contributed by atoms with Crippen molar-refractivity contribution in [3.8, 4) is 6.07 Å². The third-order valence-electron chi connectivity index (χ3n) is 2.83. The molecule has 0 heterocycles. The Morgan fingerprint density at radius 3 is 2.71 bits per heavy atom. The van der Waals surface area contributed by atoms with Crippen LogP contribution in [0, 0.1) is 11.3 Å². The summed E-state index contributed by atoms with van der Waals surface area (Å²) in [5.41, 5.74) is 1.83. The fourth-order valence-electron chi connectivity index (χ4n) is 1.76. The number of thioether (sulfide) groups is 1. The first kappa shape index (κ1) is 14.4. The van der Waals surface area contributed by atoms with Gasteiger partial charge < -0.3 is 4.90 Å². The summed E-state index contributed by atoms with van der Waals surface area (Å²) < 4.78 is 0.985. The third-order valence-corrected chi connectivity index (χ3v) is 4.19. The summed E-state index contributed by atoms with van der Waals surface area (Å²) in [4.78, 5) is 2.28. The molecule has 0 saturated carbocycles. The van der Waals surface area contributed by atoms with Crippen molar-refractivity contribution in [1.82, 2.24) is 0 Å². The Kier molecular flexibility index (Phi) is 5.87. The average Bonchev–Trinajstić information content (AvgIpc) is 2.35. The van der Waals surface area contributed by atoms with E-state index in [9.17, 15) is 0 Å². The van der Waals surface area contributed by atoms with Crippen LogP contribution in [0.1, 0.15) is 18.9 Å². The molecule has 1 rings (SSSR count). The van der Waals surface area contributed by atoms with Gasteiger partial charge in [-0.3, -0.25) is 0 Å². The molecule has 92 valence electrons. The van der Waals surface area contributed by atoms with Gasteiger partial charge in [0.15, 0.2) is 0 Å². The molecule has 0 radical (unpaired) electrons. The number of nitrogens with zero attached hydrogens (tertiary/aromatic N) is 2. The van der Waals surface area contributed by atoms with E-state index >= 15 is 0 Å². The van der Waals surface area contributed by atoms with Crippen LogP contribution in [0.4, 0.5) is 5.69 Å². The molecule has 17 heavy (non-hydrogen) atoms. The largest absolute Gasteiger partial charge is 0.370 e. The summed E-state index contributed by atoms with van der Waals surface area (Å²) in [5.74, 6) is 1.11. The molecule has 0 N–H and O–H groups in total. The van der Waals surface area contributed by atoms with E-state index in [2.05, 4.69) is 47.1 Å². The second kappa shape index (κ2) is 6.93. The molecule has 1 aromatic rings. The van der Waals surface area contributed by atoms with Gasteiger partial charge in [-0.05, 0) is 46.8 Å². The number of halogens is 1. The molecule has 0 fully saturated rings. The van der Waals surface area contributed by atoms with E-state index in [1.54, 1.807) is 0 Å². The number of benzene rings is 1. The topological polar surface area (TPSA) is 27.0 Å². The van der Waals surface area contributed by atoms with Crippen molar-refractivity contribution >= 4 is 33.4 Å². The fraction of sp³-hybridized carbons (Fsp3) is 0.462. The molecule has 0 bridgehead atoms. The van der Waals surface area contributed by atoms with Crippen LogP contribution in [-0.4, -0.2) is 25.1 Å². The predicted octanol–water partition coefficient (Wildman–Crippen LogP) is 3.90. The Bertz CT molecular complexity index is 414. The fourth-order valence-corrected chi connectivity index (χ4v) is 3.26. The summed E-state index contributed by atoms with van der Waals surface area (Å²) >= 11 is 5.40. The first-order valence-corrected chi connectivity index (χ1v) is 7.74. The third kappa shape index (κ3) is 3.65. The minimum atomic E-state index is 0.522. The summed E-state index contributed by atoms with van der Waals surface area (Å²) in [6.07, 6.45) is 3.24. The molecule has 4 heteroatoms. The molecule has 1 aromatic carbocycles. The standard InChI is InChI=1S/C13H17BrN2S/c1-4-11(9-17-3)16(2)13-6-5-10(8-15)7-12(13)14/h5-7,11H,4,9H2,1-3H3. The van der Waals surface area contributed by atoms with E-state index in [4.69, 9.17) is 5.26 Å². The maximum Gasteiger partial charge on any atom is 0.0992 e. The van der Waals surface area contributed by atoms with Gasteiger partial charge in [-0.1, -0.05) is 6.92 Å². The predicted molar refractivity (Wildman–Crippen MR) is 79.7 cm³/mol. The first-order valence-electron chi connectivity index (χ1n) is 5.55. The minimum absolute atomic E-state index is 0.522. The van der Waals surface area contributed by atoms with E-state index < -0.39 is 0 Å². The molecule has 2 nitrogen and oxygen atoms in total. The van der Waals surface area contributed by atoms with E-state index in [-0.39, 0.29) is 0 Å². The van der Waals surface area contributed by atoms with Crippen LogP contribution < -0.4 is 4.90 Å². The van der Waals surface area contributed by atoms with Crippen molar-refractivity contribution in [2.45, 2.75) is 19.4 Å². The number of rotatable bonds is 5. The van der Waals surface area contributed by atoms with Crippen molar-refractivity contribution in [3.05, 3.63) is 28.2 Å². The van der Waals surface area contributed by atoms with Crippen LogP contribution in [0.2, 0.25) is 0 Å². The maximum absolute atomic E-state index is 8.84. The van der Waals surface area contributed by atoms with Gasteiger partial charge in [0.2, 0.25) is 0 Å². The van der Waals surface area contributed by atoms with Crippen LogP contribution in [0.5, 0.6) is 0 Å². The van der Waals surface area contributed by atoms with E-state index in [1.807, 2.05) is 30.0 Å². The van der Waals surface area contributed by atoms with Crippen LogP contribution >= 0.6 is 27.7 Å². The van der Waals surface area contributed by atoms with Gasteiger partial charge in [0.25, 0.3) is 0 Å². The molecule has 0 aliphatic rings. The Hall–Kier alpha value is -0.660. The van der Waals surface area contributed by atoms with Gasteiger partial charge in [-0.25, -0.2) is 0 Å². The van der Waals surface area contributed by atoms with Crippen molar-refractivity contribution in [1.29, 1.82) is 5.26 Å². The van der Waals surface area contributed by atoms with Gasteiger partial charge >= 0.3 is 0 Å². The molecule has 1 atom stereocenters. The van der Waals surface area contributed by atoms with Crippen molar-refractivity contribution in [2.75, 3.05) is 24.0 Å². The van der Waals surface area contributed by atoms with Crippen LogP contribution in [0.25, 0.3) is 0 Å². The molecule has 0 aromatic heterocycles. The molecule has 0 saturated heterocycles. The molecule has 0 aliphatic carbocycles. The van der Waals surface area contributed by atoms with Crippen molar-refractivity contribution < 1.29 is 0 Å². The Balaban J connectivity index is 2.95. The maximum atomic E-state index is 8.84. The molecule has 0 amide bonds. The summed E-state index contributed by atoms with van der Waals surface area (Å²) in [7, 11) is 2.11. The lowest BCUT2D eigenvalue weighted by molar-refractivity contribution is 0.672. The lowest BCUT2D eigenvalue weighted by Crippen LogP contribution is -2.33. The Morgan fingerprint density at radius 1 is 1.53 bits per heavy atom. The first-order chi connectivity index (χ1) is 8.13. The highest BCUT2D eigenvalue weighted by molar-refractivity contribution is 9.10. The molecule has 0 spiro atoms. The molecule has 1 unspecified atom stereocenters. The number of hydrogen-bond acceptors (Lipinski definition) is 3. The van der Waals surface area contributed by atoms with Crippen LogP contribution in [0.3, 0.4) is 0 Å². The highest BCUT2D eigenvalue weighted by Gasteiger charge is 2.15. The monoisotopic (exact) mass is 312 g/mol. The SMILES string of the molecule is CCC(CSC)N(C)c1ccc(C#N)cc1Br. The lowest BCUT2D eigenvalue weighted by Gasteiger charge is -2.29. The highest BCUT2D eigenvalue weighted by Crippen LogP contribution is 2.28. The number of hydrogen-bond donors (Lipinski definition) is 0. The normalized spacial score (nSPS) is 11.9. The second-order valence-electron chi connectivity index (χ2n) is 3.91. The van der Waals surface area contributed by atoms with E-state index in [0.29, 0.717) is 11.6 Å². The number of nitriles is 1. The molecular weight excluding hydrogens is 296 g/mol. The number of anilines is 1. The van der Waals surface area contributed by atoms with Gasteiger partial charge in [-0.15, -0.1) is 0 Å².